The van der Waals surface area contributed by atoms with E-state index in [0.717, 1.165) is 33.7 Å². The highest BCUT2D eigenvalue weighted by molar-refractivity contribution is 9.10. The SMILES string of the molecule is CCNc1ncnc(Oc2cc(C)ccc2C(C)C)c1Br. The van der Waals surface area contributed by atoms with Gasteiger partial charge in [0.15, 0.2) is 0 Å². The normalized spacial score (nSPS) is 10.8. The second-order valence-corrected chi connectivity index (χ2v) is 5.96. The number of hydrogen-bond acceptors (Lipinski definition) is 4. The zero-order chi connectivity index (χ0) is 15.4. The van der Waals surface area contributed by atoms with Crippen LogP contribution in [-0.4, -0.2) is 16.5 Å². The number of hydrogen-bond donors (Lipinski definition) is 1. The fraction of sp³-hybridized carbons (Fsp3) is 0.375. The molecule has 0 aliphatic carbocycles. The zero-order valence-electron chi connectivity index (χ0n) is 12.8. The maximum Gasteiger partial charge on any atom is 0.238 e. The van der Waals surface area contributed by atoms with Crippen LogP contribution in [0.3, 0.4) is 0 Å². The quantitative estimate of drug-likeness (QED) is 0.834. The molecular weight excluding hydrogens is 330 g/mol. The highest BCUT2D eigenvalue weighted by atomic mass is 79.9. The molecule has 0 bridgehead atoms. The summed E-state index contributed by atoms with van der Waals surface area (Å²) in [5, 5.41) is 3.17. The summed E-state index contributed by atoms with van der Waals surface area (Å²) in [5.74, 6) is 2.48. The lowest BCUT2D eigenvalue weighted by Gasteiger charge is -2.15. The Balaban J connectivity index is 2.38. The van der Waals surface area contributed by atoms with Gasteiger partial charge in [-0.1, -0.05) is 26.0 Å². The van der Waals surface area contributed by atoms with Crippen molar-refractivity contribution in [1.82, 2.24) is 9.97 Å². The Morgan fingerprint density at radius 2 is 2.05 bits per heavy atom. The van der Waals surface area contributed by atoms with Crippen LogP contribution >= 0.6 is 15.9 Å². The Morgan fingerprint density at radius 3 is 2.71 bits per heavy atom. The van der Waals surface area contributed by atoms with Crippen molar-refractivity contribution in [3.8, 4) is 11.6 Å². The van der Waals surface area contributed by atoms with Crippen molar-refractivity contribution in [3.63, 3.8) is 0 Å². The minimum Gasteiger partial charge on any atom is -0.437 e. The van der Waals surface area contributed by atoms with Crippen LogP contribution in [0.15, 0.2) is 29.0 Å². The molecule has 0 atom stereocenters. The van der Waals surface area contributed by atoms with Crippen LogP contribution in [0.4, 0.5) is 5.82 Å². The molecule has 21 heavy (non-hydrogen) atoms. The minimum absolute atomic E-state index is 0.384. The number of aryl methyl sites for hydroxylation is 1. The van der Waals surface area contributed by atoms with E-state index in [0.29, 0.717) is 11.8 Å². The van der Waals surface area contributed by atoms with Gasteiger partial charge in [-0.2, -0.15) is 0 Å². The van der Waals surface area contributed by atoms with Crippen molar-refractivity contribution in [2.45, 2.75) is 33.6 Å². The van der Waals surface area contributed by atoms with E-state index in [1.165, 1.54) is 6.33 Å². The maximum absolute atomic E-state index is 6.03. The standard InChI is InChI=1S/C16H20BrN3O/c1-5-18-15-14(17)16(20-9-19-15)21-13-8-11(4)6-7-12(13)10(2)3/h6-10H,5H2,1-4H3,(H,18,19,20). The van der Waals surface area contributed by atoms with Crippen LogP contribution < -0.4 is 10.1 Å². The fourth-order valence-electron chi connectivity index (χ4n) is 2.03. The second kappa shape index (κ2) is 6.89. The van der Waals surface area contributed by atoms with Crippen LogP contribution in [0.25, 0.3) is 0 Å². The minimum atomic E-state index is 0.384. The molecule has 0 saturated heterocycles. The summed E-state index contributed by atoms with van der Waals surface area (Å²) in [7, 11) is 0. The lowest BCUT2D eigenvalue weighted by atomic mass is 10.0. The van der Waals surface area contributed by atoms with Crippen molar-refractivity contribution in [1.29, 1.82) is 0 Å². The molecule has 0 amide bonds. The zero-order valence-corrected chi connectivity index (χ0v) is 14.4. The van der Waals surface area contributed by atoms with Gasteiger partial charge in [0.1, 0.15) is 22.4 Å². The molecule has 0 saturated carbocycles. The highest BCUT2D eigenvalue weighted by Crippen LogP contribution is 2.35. The maximum atomic E-state index is 6.03. The van der Waals surface area contributed by atoms with Crippen molar-refractivity contribution in [2.75, 3.05) is 11.9 Å². The first kappa shape index (κ1) is 15.8. The first-order valence-corrected chi connectivity index (χ1v) is 7.85. The third-order valence-corrected chi connectivity index (χ3v) is 3.81. The Bertz CT molecular complexity index is 629. The third kappa shape index (κ3) is 3.73. The summed E-state index contributed by atoms with van der Waals surface area (Å²) in [5.41, 5.74) is 2.32. The van der Waals surface area contributed by atoms with Crippen LogP contribution in [0.5, 0.6) is 11.6 Å². The summed E-state index contributed by atoms with van der Waals surface area (Å²) in [6, 6.07) is 6.24. The van der Waals surface area contributed by atoms with Crippen molar-refractivity contribution in [3.05, 3.63) is 40.1 Å². The Morgan fingerprint density at radius 1 is 1.29 bits per heavy atom. The van der Waals surface area contributed by atoms with Gasteiger partial charge < -0.3 is 10.1 Å². The molecular formula is C16H20BrN3O. The average molecular weight is 350 g/mol. The van der Waals surface area contributed by atoms with Gasteiger partial charge >= 0.3 is 0 Å². The Hall–Kier alpha value is -1.62. The second-order valence-electron chi connectivity index (χ2n) is 5.17. The van der Waals surface area contributed by atoms with Gasteiger partial charge in [-0.15, -0.1) is 0 Å². The van der Waals surface area contributed by atoms with Gasteiger partial charge in [0.05, 0.1) is 0 Å². The molecule has 2 aromatic rings. The van der Waals surface area contributed by atoms with Gasteiger partial charge in [0, 0.05) is 6.54 Å². The van der Waals surface area contributed by atoms with Gasteiger partial charge in [-0.25, -0.2) is 9.97 Å². The first-order valence-electron chi connectivity index (χ1n) is 7.05. The van der Waals surface area contributed by atoms with Gasteiger partial charge in [-0.3, -0.25) is 0 Å². The number of rotatable bonds is 5. The molecule has 0 radical (unpaired) electrons. The smallest absolute Gasteiger partial charge is 0.238 e. The van der Waals surface area contributed by atoms with Crippen LogP contribution in [-0.2, 0) is 0 Å². The average Bonchev–Trinajstić information content (AvgIpc) is 2.43. The van der Waals surface area contributed by atoms with E-state index in [2.05, 4.69) is 64.1 Å². The van der Waals surface area contributed by atoms with Gasteiger partial charge in [-0.05, 0) is 52.9 Å². The van der Waals surface area contributed by atoms with E-state index < -0.39 is 0 Å². The van der Waals surface area contributed by atoms with Crippen LogP contribution in [0.2, 0.25) is 0 Å². The Labute approximate surface area is 134 Å². The van der Waals surface area contributed by atoms with E-state index in [4.69, 9.17) is 4.74 Å². The molecule has 1 aromatic carbocycles. The Kier molecular flexibility index (Phi) is 5.17. The van der Waals surface area contributed by atoms with Crippen molar-refractivity contribution in [2.24, 2.45) is 0 Å². The monoisotopic (exact) mass is 349 g/mol. The van der Waals surface area contributed by atoms with E-state index >= 15 is 0 Å². The first-order chi connectivity index (χ1) is 10.0. The lowest BCUT2D eigenvalue weighted by Crippen LogP contribution is -2.03. The molecule has 1 heterocycles. The van der Waals surface area contributed by atoms with Gasteiger partial charge in [0.25, 0.3) is 0 Å². The van der Waals surface area contributed by atoms with Gasteiger partial charge in [0.2, 0.25) is 5.88 Å². The topological polar surface area (TPSA) is 47.0 Å². The molecule has 5 heteroatoms. The summed E-state index contributed by atoms with van der Waals surface area (Å²) in [6.45, 7) is 9.16. The molecule has 1 N–H and O–H groups in total. The third-order valence-electron chi connectivity index (χ3n) is 3.10. The lowest BCUT2D eigenvalue weighted by molar-refractivity contribution is 0.450. The highest BCUT2D eigenvalue weighted by Gasteiger charge is 2.14. The molecule has 0 aliphatic rings. The van der Waals surface area contributed by atoms with E-state index in [1.54, 1.807) is 0 Å². The number of halogens is 1. The van der Waals surface area contributed by atoms with Crippen LogP contribution in [0, 0.1) is 6.92 Å². The number of nitrogens with one attached hydrogen (secondary N) is 1. The number of aromatic nitrogens is 2. The van der Waals surface area contributed by atoms with Crippen LogP contribution in [0.1, 0.15) is 37.8 Å². The van der Waals surface area contributed by atoms with E-state index in [9.17, 15) is 0 Å². The van der Waals surface area contributed by atoms with Crippen molar-refractivity contribution < 1.29 is 4.74 Å². The number of ether oxygens (including phenoxy) is 1. The summed E-state index contributed by atoms with van der Waals surface area (Å²) in [6.07, 6.45) is 1.50. The summed E-state index contributed by atoms with van der Waals surface area (Å²) in [4.78, 5) is 8.42. The molecule has 2 rings (SSSR count). The molecule has 0 spiro atoms. The molecule has 0 aliphatic heterocycles. The molecule has 112 valence electrons. The summed E-state index contributed by atoms with van der Waals surface area (Å²) < 4.78 is 6.77. The molecule has 0 fully saturated rings. The largest absolute Gasteiger partial charge is 0.437 e. The fourth-order valence-corrected chi connectivity index (χ4v) is 2.45. The van der Waals surface area contributed by atoms with E-state index in [1.807, 2.05) is 13.0 Å². The van der Waals surface area contributed by atoms with Crippen molar-refractivity contribution >= 4 is 21.7 Å². The molecule has 0 unspecified atom stereocenters. The number of nitrogens with zero attached hydrogens (tertiary/aromatic N) is 2. The molecule has 4 nitrogen and oxygen atoms in total. The number of anilines is 1. The predicted octanol–water partition coefficient (Wildman–Crippen LogP) is 4.90. The predicted molar refractivity (Wildman–Crippen MR) is 89.2 cm³/mol. The number of benzene rings is 1. The molecule has 1 aromatic heterocycles. The summed E-state index contributed by atoms with van der Waals surface area (Å²) >= 11 is 3.51. The van der Waals surface area contributed by atoms with E-state index in [-0.39, 0.29) is 0 Å².